The van der Waals surface area contributed by atoms with Gasteiger partial charge in [-0.05, 0) is 40.9 Å². The lowest BCUT2D eigenvalue weighted by molar-refractivity contribution is -0.119. The van der Waals surface area contributed by atoms with Crippen LogP contribution < -0.4 is 5.32 Å². The number of nitrogens with one attached hydrogen (secondary N) is 1. The minimum absolute atomic E-state index is 0.00761. The molecule has 0 aliphatic carbocycles. The first-order valence-corrected chi connectivity index (χ1v) is 8.90. The molecule has 0 saturated heterocycles. The van der Waals surface area contributed by atoms with Gasteiger partial charge in [-0.3, -0.25) is 4.79 Å². The van der Waals surface area contributed by atoms with Gasteiger partial charge in [0.25, 0.3) is 0 Å². The fourth-order valence-electron chi connectivity index (χ4n) is 2.02. The Morgan fingerprint density at radius 1 is 1.30 bits per heavy atom. The Morgan fingerprint density at radius 2 is 2.13 bits per heavy atom. The third-order valence-corrected chi connectivity index (χ3v) is 5.10. The molecule has 2 aromatic heterocycles. The predicted octanol–water partition coefficient (Wildman–Crippen LogP) is 2.69. The van der Waals surface area contributed by atoms with Gasteiger partial charge < -0.3 is 5.32 Å². The van der Waals surface area contributed by atoms with E-state index in [2.05, 4.69) is 20.8 Å². The molecule has 1 unspecified atom stereocenters. The molecule has 0 fully saturated rings. The fourth-order valence-corrected chi connectivity index (χ4v) is 3.46. The molecule has 1 aromatic carbocycles. The van der Waals surface area contributed by atoms with E-state index >= 15 is 0 Å². The van der Waals surface area contributed by atoms with Crippen LogP contribution in [0.4, 0.5) is 0 Å². The Hall–Kier alpha value is -2.19. The Labute approximate surface area is 141 Å². The number of hydrogen-bond acceptors (Lipinski definition) is 6. The van der Waals surface area contributed by atoms with Crippen molar-refractivity contribution in [2.75, 3.05) is 5.75 Å². The van der Waals surface area contributed by atoms with E-state index in [4.69, 9.17) is 0 Å². The van der Waals surface area contributed by atoms with E-state index in [0.29, 0.717) is 5.16 Å². The minimum Gasteiger partial charge on any atom is -0.348 e. The van der Waals surface area contributed by atoms with Crippen molar-refractivity contribution in [3.8, 4) is 5.69 Å². The molecule has 23 heavy (non-hydrogen) atoms. The Morgan fingerprint density at radius 3 is 2.87 bits per heavy atom. The number of nitrogens with zero attached hydrogens (tertiary/aromatic N) is 4. The van der Waals surface area contributed by atoms with Crippen molar-refractivity contribution in [2.24, 2.45) is 0 Å². The maximum atomic E-state index is 12.1. The average molecular weight is 345 g/mol. The van der Waals surface area contributed by atoms with Gasteiger partial charge in [0.15, 0.2) is 0 Å². The molecule has 0 spiro atoms. The van der Waals surface area contributed by atoms with Crippen LogP contribution in [0, 0.1) is 0 Å². The first-order valence-electron chi connectivity index (χ1n) is 7.03. The lowest BCUT2D eigenvalue weighted by Gasteiger charge is -2.11. The number of tetrazole rings is 1. The molecule has 1 amide bonds. The monoisotopic (exact) mass is 345 g/mol. The van der Waals surface area contributed by atoms with E-state index in [-0.39, 0.29) is 17.7 Å². The number of para-hydroxylation sites is 1. The van der Waals surface area contributed by atoms with E-state index < -0.39 is 0 Å². The van der Waals surface area contributed by atoms with Crippen molar-refractivity contribution >= 4 is 29.0 Å². The SMILES string of the molecule is CC(NC(=O)CSc1nnnn1-c1ccccc1)c1cccs1. The Kier molecular flexibility index (Phi) is 5.04. The number of amides is 1. The van der Waals surface area contributed by atoms with E-state index in [1.54, 1.807) is 16.0 Å². The summed E-state index contributed by atoms with van der Waals surface area (Å²) < 4.78 is 1.63. The van der Waals surface area contributed by atoms with Gasteiger partial charge in [0, 0.05) is 4.88 Å². The highest BCUT2D eigenvalue weighted by Gasteiger charge is 2.14. The molecular weight excluding hydrogens is 330 g/mol. The van der Waals surface area contributed by atoms with Crippen LogP contribution in [0.3, 0.4) is 0 Å². The maximum Gasteiger partial charge on any atom is 0.230 e. The second kappa shape index (κ2) is 7.38. The van der Waals surface area contributed by atoms with Crippen LogP contribution >= 0.6 is 23.1 Å². The molecule has 3 rings (SSSR count). The third-order valence-electron chi connectivity index (χ3n) is 3.12. The van der Waals surface area contributed by atoms with Gasteiger partial charge in [0.1, 0.15) is 0 Å². The quantitative estimate of drug-likeness (QED) is 0.696. The van der Waals surface area contributed by atoms with E-state index in [9.17, 15) is 4.79 Å². The van der Waals surface area contributed by atoms with Crippen LogP contribution in [-0.2, 0) is 4.79 Å². The topological polar surface area (TPSA) is 72.7 Å². The van der Waals surface area contributed by atoms with Crippen LogP contribution in [0.5, 0.6) is 0 Å². The third kappa shape index (κ3) is 3.96. The number of rotatable bonds is 6. The zero-order valence-corrected chi connectivity index (χ0v) is 14.0. The zero-order chi connectivity index (χ0) is 16.1. The van der Waals surface area contributed by atoms with Crippen LogP contribution in [0.1, 0.15) is 17.8 Å². The first kappa shape index (κ1) is 15.7. The average Bonchev–Trinajstić information content (AvgIpc) is 3.25. The molecular formula is C15H15N5OS2. The predicted molar refractivity (Wildman–Crippen MR) is 90.8 cm³/mol. The fraction of sp³-hybridized carbons (Fsp3) is 0.200. The normalized spacial score (nSPS) is 12.0. The van der Waals surface area contributed by atoms with Crippen LogP contribution in [-0.4, -0.2) is 31.9 Å². The molecule has 0 aliphatic rings. The minimum atomic E-state index is -0.0430. The van der Waals surface area contributed by atoms with Crippen LogP contribution in [0.15, 0.2) is 53.0 Å². The van der Waals surface area contributed by atoms with Gasteiger partial charge in [-0.1, -0.05) is 36.0 Å². The van der Waals surface area contributed by atoms with Crippen molar-refractivity contribution in [3.63, 3.8) is 0 Å². The summed E-state index contributed by atoms with van der Waals surface area (Å²) in [5, 5.41) is 17.2. The maximum absolute atomic E-state index is 12.1. The summed E-state index contributed by atoms with van der Waals surface area (Å²) in [5.41, 5.74) is 0.868. The van der Waals surface area contributed by atoms with Crippen molar-refractivity contribution in [1.82, 2.24) is 25.5 Å². The number of thioether (sulfide) groups is 1. The highest BCUT2D eigenvalue weighted by atomic mass is 32.2. The molecule has 1 N–H and O–H groups in total. The lowest BCUT2D eigenvalue weighted by Crippen LogP contribution is -2.27. The summed E-state index contributed by atoms with van der Waals surface area (Å²) in [6.07, 6.45) is 0. The standard InChI is InChI=1S/C15H15N5OS2/c1-11(13-8-5-9-22-13)16-14(21)10-23-15-17-18-19-20(15)12-6-3-2-4-7-12/h2-9,11H,10H2,1H3,(H,16,21). The van der Waals surface area contributed by atoms with E-state index in [0.717, 1.165) is 10.6 Å². The number of aromatic nitrogens is 4. The summed E-state index contributed by atoms with van der Waals surface area (Å²) in [6, 6.07) is 13.6. The molecule has 118 valence electrons. The van der Waals surface area contributed by atoms with Crippen molar-refractivity contribution in [3.05, 3.63) is 52.7 Å². The highest BCUT2D eigenvalue weighted by Crippen LogP contribution is 2.20. The summed E-state index contributed by atoms with van der Waals surface area (Å²) in [6.45, 7) is 1.97. The van der Waals surface area contributed by atoms with Gasteiger partial charge in [-0.15, -0.1) is 16.4 Å². The summed E-state index contributed by atoms with van der Waals surface area (Å²) in [4.78, 5) is 13.2. The summed E-state index contributed by atoms with van der Waals surface area (Å²) in [7, 11) is 0. The number of hydrogen-bond donors (Lipinski definition) is 1. The molecule has 1 atom stereocenters. The van der Waals surface area contributed by atoms with Gasteiger partial charge >= 0.3 is 0 Å². The molecule has 2 heterocycles. The van der Waals surface area contributed by atoms with E-state index in [1.807, 2.05) is 54.8 Å². The van der Waals surface area contributed by atoms with Crippen LogP contribution in [0.2, 0.25) is 0 Å². The number of thiophene rings is 1. The lowest BCUT2D eigenvalue weighted by atomic mass is 10.3. The second-order valence-electron chi connectivity index (χ2n) is 4.80. The largest absolute Gasteiger partial charge is 0.348 e. The number of carbonyl (C=O) groups excluding carboxylic acids is 1. The number of benzene rings is 1. The smallest absolute Gasteiger partial charge is 0.230 e. The van der Waals surface area contributed by atoms with Gasteiger partial charge in [0.05, 0.1) is 17.5 Å². The molecule has 6 nitrogen and oxygen atoms in total. The molecule has 8 heteroatoms. The van der Waals surface area contributed by atoms with Gasteiger partial charge in [-0.2, -0.15) is 4.68 Å². The molecule has 0 radical (unpaired) electrons. The summed E-state index contributed by atoms with van der Waals surface area (Å²) >= 11 is 2.94. The number of carbonyl (C=O) groups is 1. The Balaban J connectivity index is 1.59. The van der Waals surface area contributed by atoms with E-state index in [1.165, 1.54) is 11.8 Å². The summed E-state index contributed by atoms with van der Waals surface area (Å²) in [5.74, 6) is 0.224. The van der Waals surface area contributed by atoms with Crippen molar-refractivity contribution < 1.29 is 4.79 Å². The second-order valence-corrected chi connectivity index (χ2v) is 6.72. The molecule has 0 aliphatic heterocycles. The van der Waals surface area contributed by atoms with Gasteiger partial charge in [0.2, 0.25) is 11.1 Å². The highest BCUT2D eigenvalue weighted by molar-refractivity contribution is 7.99. The van der Waals surface area contributed by atoms with Gasteiger partial charge in [-0.25, -0.2) is 0 Å². The molecule has 3 aromatic rings. The Bertz CT molecular complexity index is 757. The molecule has 0 saturated carbocycles. The van der Waals surface area contributed by atoms with Crippen molar-refractivity contribution in [1.29, 1.82) is 0 Å². The zero-order valence-electron chi connectivity index (χ0n) is 12.4. The molecule has 0 bridgehead atoms. The van der Waals surface area contributed by atoms with Crippen molar-refractivity contribution in [2.45, 2.75) is 18.1 Å². The van der Waals surface area contributed by atoms with Crippen LogP contribution in [0.25, 0.3) is 5.69 Å². The first-order chi connectivity index (χ1) is 11.2.